The van der Waals surface area contributed by atoms with Crippen LogP contribution in [0, 0.1) is 5.92 Å². The molecule has 0 fully saturated rings. The monoisotopic (exact) mass is 322 g/mol. The third-order valence-electron chi connectivity index (χ3n) is 4.22. The van der Waals surface area contributed by atoms with Crippen LogP contribution in [0.5, 0.6) is 0 Å². The van der Waals surface area contributed by atoms with Crippen LogP contribution in [0.3, 0.4) is 0 Å². The van der Waals surface area contributed by atoms with Gasteiger partial charge in [-0.15, -0.1) is 0 Å². The van der Waals surface area contributed by atoms with Crippen molar-refractivity contribution in [3.05, 3.63) is 24.3 Å². The summed E-state index contributed by atoms with van der Waals surface area (Å²) in [6, 6.07) is 0. The molecule has 1 atom stereocenters. The number of carbonyl (C=O) groups is 1. The Morgan fingerprint density at radius 1 is 0.957 bits per heavy atom. The molecule has 1 unspecified atom stereocenters. The maximum absolute atomic E-state index is 11.3. The summed E-state index contributed by atoms with van der Waals surface area (Å²) < 4.78 is 5.25. The highest BCUT2D eigenvalue weighted by molar-refractivity contribution is 5.81. The highest BCUT2D eigenvalue weighted by Crippen LogP contribution is 2.16. The summed E-state index contributed by atoms with van der Waals surface area (Å²) in [6.45, 7) is 6.82. The van der Waals surface area contributed by atoms with Gasteiger partial charge < -0.3 is 4.74 Å². The minimum absolute atomic E-state index is 0.210. The van der Waals surface area contributed by atoms with Gasteiger partial charge in [-0.05, 0) is 38.5 Å². The summed E-state index contributed by atoms with van der Waals surface area (Å²) in [5.74, 6) is 0.309. The highest BCUT2D eigenvalue weighted by atomic mass is 16.5. The van der Waals surface area contributed by atoms with Gasteiger partial charge in [0, 0.05) is 6.08 Å². The molecule has 0 N–H and O–H groups in total. The molecule has 0 heterocycles. The number of unbranched alkanes of at least 4 members (excludes halogenated alkanes) is 7. The van der Waals surface area contributed by atoms with E-state index >= 15 is 0 Å². The molecule has 0 saturated heterocycles. The van der Waals surface area contributed by atoms with Crippen molar-refractivity contribution in [3.63, 3.8) is 0 Å². The molecule has 0 rings (SSSR count). The average Bonchev–Trinajstić information content (AvgIpc) is 2.55. The van der Waals surface area contributed by atoms with E-state index in [1.54, 1.807) is 6.08 Å². The quantitative estimate of drug-likeness (QED) is 0.147. The lowest BCUT2D eigenvalue weighted by molar-refractivity contribution is -0.139. The molecule has 23 heavy (non-hydrogen) atoms. The fourth-order valence-corrected chi connectivity index (χ4v) is 2.57. The molecule has 134 valence electrons. The van der Waals surface area contributed by atoms with Crippen molar-refractivity contribution in [3.8, 4) is 0 Å². The van der Waals surface area contributed by atoms with E-state index < -0.39 is 0 Å². The van der Waals surface area contributed by atoms with Crippen molar-refractivity contribution >= 4 is 5.97 Å². The molecule has 0 aliphatic heterocycles. The first-order valence-electron chi connectivity index (χ1n) is 9.69. The molecular weight excluding hydrogens is 284 g/mol. The van der Waals surface area contributed by atoms with Gasteiger partial charge in [0.15, 0.2) is 0 Å². The number of ether oxygens (including phenoxy) is 1. The Morgan fingerprint density at radius 3 is 2.26 bits per heavy atom. The number of hydrogen-bond acceptors (Lipinski definition) is 2. The number of rotatable bonds is 15. The van der Waals surface area contributed by atoms with Crippen molar-refractivity contribution in [2.45, 2.75) is 91.4 Å². The van der Waals surface area contributed by atoms with Gasteiger partial charge in [0.25, 0.3) is 0 Å². The molecule has 0 aromatic heterocycles. The fraction of sp³-hybridized carbons (Fsp3) is 0.762. The van der Waals surface area contributed by atoms with Gasteiger partial charge in [0.1, 0.15) is 0 Å². The van der Waals surface area contributed by atoms with Crippen LogP contribution in [0.15, 0.2) is 24.3 Å². The zero-order valence-electron chi connectivity index (χ0n) is 15.7. The summed E-state index contributed by atoms with van der Waals surface area (Å²) in [5, 5.41) is 0. The molecule has 0 saturated carbocycles. The summed E-state index contributed by atoms with van der Waals surface area (Å²) >= 11 is 0. The van der Waals surface area contributed by atoms with E-state index in [1.165, 1.54) is 70.3 Å². The van der Waals surface area contributed by atoms with E-state index in [-0.39, 0.29) is 5.97 Å². The van der Waals surface area contributed by atoms with Gasteiger partial charge in [-0.25, -0.2) is 4.79 Å². The van der Waals surface area contributed by atoms with E-state index in [0.29, 0.717) is 12.5 Å². The molecular formula is C21H38O2. The molecule has 0 aromatic carbocycles. The summed E-state index contributed by atoms with van der Waals surface area (Å²) in [7, 11) is 0. The van der Waals surface area contributed by atoms with Crippen molar-refractivity contribution in [1.82, 2.24) is 0 Å². The number of carbonyl (C=O) groups excluding carboxylic acids is 1. The minimum Gasteiger partial charge on any atom is -0.462 e. The number of allylic oxidation sites excluding steroid dienone is 3. The smallest absolute Gasteiger partial charge is 0.330 e. The van der Waals surface area contributed by atoms with Crippen LogP contribution in [0.2, 0.25) is 0 Å². The molecule has 0 aliphatic carbocycles. The van der Waals surface area contributed by atoms with Crippen LogP contribution in [0.4, 0.5) is 0 Å². The first kappa shape index (κ1) is 21.9. The number of esters is 1. The molecule has 2 heteroatoms. The van der Waals surface area contributed by atoms with Crippen molar-refractivity contribution in [2.75, 3.05) is 6.61 Å². The third-order valence-corrected chi connectivity index (χ3v) is 4.22. The lowest BCUT2D eigenvalue weighted by atomic mass is 9.98. The van der Waals surface area contributed by atoms with E-state index in [1.807, 2.05) is 6.92 Å². The van der Waals surface area contributed by atoms with Crippen LogP contribution >= 0.6 is 0 Å². The van der Waals surface area contributed by atoms with Gasteiger partial charge >= 0.3 is 5.97 Å². The second-order valence-electron chi connectivity index (χ2n) is 6.36. The zero-order chi connectivity index (χ0) is 17.2. The predicted octanol–water partition coefficient (Wildman–Crippen LogP) is 6.61. The summed E-state index contributed by atoms with van der Waals surface area (Å²) in [5.41, 5.74) is 0. The first-order chi connectivity index (χ1) is 11.2. The maximum atomic E-state index is 11.3. The van der Waals surface area contributed by atoms with Crippen LogP contribution < -0.4 is 0 Å². The van der Waals surface area contributed by atoms with Gasteiger partial charge in [-0.1, -0.05) is 77.0 Å². The number of hydrogen-bond donors (Lipinski definition) is 0. The largest absolute Gasteiger partial charge is 0.462 e. The Bertz CT molecular complexity index is 318. The Kier molecular flexibility index (Phi) is 16.5. The lowest BCUT2D eigenvalue weighted by Crippen LogP contribution is -2.12. The van der Waals surface area contributed by atoms with Gasteiger partial charge in [-0.2, -0.15) is 0 Å². The predicted molar refractivity (Wildman–Crippen MR) is 101 cm³/mol. The molecule has 0 amide bonds. The minimum atomic E-state index is -0.210. The Labute approximate surface area is 144 Å². The first-order valence-corrected chi connectivity index (χ1v) is 9.69. The topological polar surface area (TPSA) is 26.3 Å². The Balaban J connectivity index is 3.47. The molecule has 0 radical (unpaired) electrons. The Hall–Kier alpha value is -1.05. The van der Waals surface area contributed by atoms with E-state index in [4.69, 9.17) is 4.74 Å². The third kappa shape index (κ3) is 15.6. The molecule has 0 aliphatic rings. The second-order valence-corrected chi connectivity index (χ2v) is 6.36. The molecule has 2 nitrogen and oxygen atoms in total. The van der Waals surface area contributed by atoms with Crippen molar-refractivity contribution in [1.29, 1.82) is 0 Å². The van der Waals surface area contributed by atoms with Crippen molar-refractivity contribution < 1.29 is 9.53 Å². The van der Waals surface area contributed by atoms with E-state index in [9.17, 15) is 4.79 Å². The van der Waals surface area contributed by atoms with Crippen LogP contribution in [0.25, 0.3) is 0 Å². The normalized spacial score (nSPS) is 13.0. The standard InChI is InChI=1S/C21H38O2/c1-4-7-8-9-10-11-12-13-14-15-16-18-20(6-3)19-23-21(22)17-5-2/h5,9-10,17,20H,4,6-8,11-16,18-19H2,1-3H3/b10-9?,17-5-. The van der Waals surface area contributed by atoms with Crippen LogP contribution in [-0.2, 0) is 9.53 Å². The second kappa shape index (κ2) is 17.3. The van der Waals surface area contributed by atoms with E-state index in [2.05, 4.69) is 26.0 Å². The zero-order valence-corrected chi connectivity index (χ0v) is 15.7. The SMILES string of the molecule is C/C=C\C(=O)OCC(CC)CCCCCCCC=CCCCC. The van der Waals surface area contributed by atoms with Gasteiger partial charge in [0.05, 0.1) is 6.61 Å². The Morgan fingerprint density at radius 2 is 1.61 bits per heavy atom. The highest BCUT2D eigenvalue weighted by Gasteiger charge is 2.08. The van der Waals surface area contributed by atoms with Crippen molar-refractivity contribution in [2.24, 2.45) is 5.92 Å². The maximum Gasteiger partial charge on any atom is 0.330 e. The molecule has 0 aromatic rings. The fourth-order valence-electron chi connectivity index (χ4n) is 2.57. The van der Waals surface area contributed by atoms with Gasteiger partial charge in [-0.3, -0.25) is 0 Å². The van der Waals surface area contributed by atoms with Crippen LogP contribution in [-0.4, -0.2) is 12.6 Å². The summed E-state index contributed by atoms with van der Waals surface area (Å²) in [4.78, 5) is 11.3. The molecule has 0 bridgehead atoms. The lowest BCUT2D eigenvalue weighted by Gasteiger charge is -2.14. The average molecular weight is 323 g/mol. The summed E-state index contributed by atoms with van der Waals surface area (Å²) in [6.07, 6.45) is 21.8. The molecule has 0 spiro atoms. The van der Waals surface area contributed by atoms with Gasteiger partial charge in [0.2, 0.25) is 0 Å². The van der Waals surface area contributed by atoms with Crippen LogP contribution in [0.1, 0.15) is 91.4 Å². The van der Waals surface area contributed by atoms with E-state index in [0.717, 1.165) is 6.42 Å².